The van der Waals surface area contributed by atoms with Gasteiger partial charge >= 0.3 is 0 Å². The Kier molecular flexibility index (Phi) is 7.39. The number of nitrogens with one attached hydrogen (secondary N) is 1. The third-order valence-corrected chi connectivity index (χ3v) is 3.15. The van der Waals surface area contributed by atoms with Crippen molar-refractivity contribution in [1.29, 1.82) is 0 Å². The largest absolute Gasteiger partial charge is 0.409 e. The van der Waals surface area contributed by atoms with E-state index >= 15 is 0 Å². The van der Waals surface area contributed by atoms with Crippen LogP contribution in [-0.2, 0) is 4.79 Å². The van der Waals surface area contributed by atoms with Crippen molar-refractivity contribution < 1.29 is 10.0 Å². The van der Waals surface area contributed by atoms with Gasteiger partial charge in [0.1, 0.15) is 5.84 Å². The predicted molar refractivity (Wildman–Crippen MR) is 73.5 cm³/mol. The zero-order chi connectivity index (χ0) is 14.2. The van der Waals surface area contributed by atoms with E-state index < -0.39 is 5.41 Å². The summed E-state index contributed by atoms with van der Waals surface area (Å²) >= 11 is 0. The second kappa shape index (κ2) is 7.95. The Hall–Kier alpha value is -1.26. The molecule has 0 bridgehead atoms. The standard InChI is InChI=1S/C13H27N3O2/c1-5-7-10(8-6-2)11(17)15-9-13(3,4)12(14)16-18/h10,18H,5-9H2,1-4H3,(H2,14,16)(H,15,17). The van der Waals surface area contributed by atoms with Crippen LogP contribution in [0.25, 0.3) is 0 Å². The number of nitrogens with two attached hydrogens (primary N) is 1. The van der Waals surface area contributed by atoms with Gasteiger partial charge < -0.3 is 16.3 Å². The molecule has 0 heterocycles. The number of hydrogen-bond donors (Lipinski definition) is 3. The second-order valence-corrected chi connectivity index (χ2v) is 5.36. The Bertz CT molecular complexity index is 282. The number of nitrogens with zero attached hydrogens (tertiary/aromatic N) is 1. The predicted octanol–water partition coefficient (Wildman–Crippen LogP) is 2.09. The molecule has 106 valence electrons. The Morgan fingerprint density at radius 3 is 2.22 bits per heavy atom. The molecule has 5 nitrogen and oxygen atoms in total. The minimum Gasteiger partial charge on any atom is -0.409 e. The molecular weight excluding hydrogens is 230 g/mol. The summed E-state index contributed by atoms with van der Waals surface area (Å²) in [7, 11) is 0. The van der Waals surface area contributed by atoms with Crippen LogP contribution in [0.1, 0.15) is 53.4 Å². The lowest BCUT2D eigenvalue weighted by atomic mass is 9.91. The van der Waals surface area contributed by atoms with Gasteiger partial charge in [0, 0.05) is 17.9 Å². The van der Waals surface area contributed by atoms with Crippen molar-refractivity contribution in [3.8, 4) is 0 Å². The molecule has 0 aliphatic rings. The lowest BCUT2D eigenvalue weighted by Gasteiger charge is -2.24. The highest BCUT2D eigenvalue weighted by Gasteiger charge is 2.26. The van der Waals surface area contributed by atoms with Crippen LogP contribution in [0.2, 0.25) is 0 Å². The monoisotopic (exact) mass is 257 g/mol. The molecule has 0 aromatic heterocycles. The van der Waals surface area contributed by atoms with E-state index in [9.17, 15) is 4.79 Å². The topological polar surface area (TPSA) is 87.7 Å². The van der Waals surface area contributed by atoms with E-state index in [1.54, 1.807) is 0 Å². The molecule has 0 saturated carbocycles. The van der Waals surface area contributed by atoms with E-state index in [-0.39, 0.29) is 17.7 Å². The van der Waals surface area contributed by atoms with Crippen LogP contribution in [-0.4, -0.2) is 23.5 Å². The highest BCUT2D eigenvalue weighted by atomic mass is 16.4. The zero-order valence-electron chi connectivity index (χ0n) is 12.0. The number of rotatable bonds is 8. The van der Waals surface area contributed by atoms with Gasteiger partial charge in [-0.25, -0.2) is 0 Å². The third kappa shape index (κ3) is 5.38. The summed E-state index contributed by atoms with van der Waals surface area (Å²) in [5.41, 5.74) is 5.04. The summed E-state index contributed by atoms with van der Waals surface area (Å²) in [5.74, 6) is 0.269. The zero-order valence-corrected chi connectivity index (χ0v) is 12.0. The summed E-state index contributed by atoms with van der Waals surface area (Å²) in [6.07, 6.45) is 3.82. The summed E-state index contributed by atoms with van der Waals surface area (Å²) in [6, 6.07) is 0. The van der Waals surface area contributed by atoms with Crippen LogP contribution < -0.4 is 11.1 Å². The summed E-state index contributed by atoms with van der Waals surface area (Å²) in [5, 5.41) is 14.6. The Balaban J connectivity index is 4.38. The van der Waals surface area contributed by atoms with Crippen molar-refractivity contribution in [2.75, 3.05) is 6.54 Å². The van der Waals surface area contributed by atoms with Gasteiger partial charge in [0.25, 0.3) is 0 Å². The van der Waals surface area contributed by atoms with Crippen molar-refractivity contribution in [2.45, 2.75) is 53.4 Å². The molecule has 0 atom stereocenters. The highest BCUT2D eigenvalue weighted by molar-refractivity contribution is 5.86. The van der Waals surface area contributed by atoms with Gasteiger partial charge in [-0.05, 0) is 12.8 Å². The number of hydrogen-bond acceptors (Lipinski definition) is 3. The maximum atomic E-state index is 12.0. The number of carbonyl (C=O) groups is 1. The maximum absolute atomic E-state index is 12.0. The van der Waals surface area contributed by atoms with Gasteiger partial charge in [0.2, 0.25) is 5.91 Å². The molecule has 0 radical (unpaired) electrons. The molecule has 1 amide bonds. The smallest absolute Gasteiger partial charge is 0.223 e. The van der Waals surface area contributed by atoms with E-state index in [0.717, 1.165) is 25.7 Å². The van der Waals surface area contributed by atoms with Gasteiger partial charge in [-0.1, -0.05) is 45.7 Å². The van der Waals surface area contributed by atoms with Gasteiger partial charge in [0.05, 0.1) is 0 Å². The normalized spacial score (nSPS) is 12.8. The Labute approximate surface area is 110 Å². The SMILES string of the molecule is CCCC(CCC)C(=O)NCC(C)(C)C(N)=NO. The fraction of sp³-hybridized carbons (Fsp3) is 0.846. The van der Waals surface area contributed by atoms with Crippen LogP contribution in [0.3, 0.4) is 0 Å². The number of carbonyl (C=O) groups excluding carboxylic acids is 1. The summed E-state index contributed by atoms with van der Waals surface area (Å²) < 4.78 is 0. The quantitative estimate of drug-likeness (QED) is 0.269. The maximum Gasteiger partial charge on any atom is 0.223 e. The van der Waals surface area contributed by atoms with Crippen LogP contribution in [0.4, 0.5) is 0 Å². The molecule has 0 aliphatic carbocycles. The fourth-order valence-corrected chi connectivity index (χ4v) is 1.78. The molecular formula is C13H27N3O2. The molecule has 0 aliphatic heterocycles. The van der Waals surface area contributed by atoms with E-state index in [0.29, 0.717) is 6.54 Å². The first-order chi connectivity index (χ1) is 8.38. The van der Waals surface area contributed by atoms with E-state index in [1.165, 1.54) is 0 Å². The van der Waals surface area contributed by atoms with Crippen LogP contribution in [0, 0.1) is 11.3 Å². The van der Waals surface area contributed by atoms with Crippen molar-refractivity contribution in [3.63, 3.8) is 0 Å². The Morgan fingerprint density at radius 1 is 1.33 bits per heavy atom. The van der Waals surface area contributed by atoms with Crippen molar-refractivity contribution >= 4 is 11.7 Å². The van der Waals surface area contributed by atoms with E-state index in [1.807, 2.05) is 13.8 Å². The van der Waals surface area contributed by atoms with Gasteiger partial charge in [-0.3, -0.25) is 4.79 Å². The number of oxime groups is 1. The minimum atomic E-state index is -0.534. The molecule has 0 fully saturated rings. The first-order valence-corrected chi connectivity index (χ1v) is 6.64. The molecule has 0 saturated heterocycles. The first-order valence-electron chi connectivity index (χ1n) is 6.64. The van der Waals surface area contributed by atoms with Gasteiger partial charge in [-0.2, -0.15) is 0 Å². The Morgan fingerprint density at radius 2 is 1.83 bits per heavy atom. The van der Waals surface area contributed by atoms with Gasteiger partial charge in [0.15, 0.2) is 0 Å². The van der Waals surface area contributed by atoms with Crippen LogP contribution in [0.5, 0.6) is 0 Å². The highest BCUT2D eigenvalue weighted by Crippen LogP contribution is 2.16. The molecule has 5 heteroatoms. The van der Waals surface area contributed by atoms with E-state index in [4.69, 9.17) is 10.9 Å². The lowest BCUT2D eigenvalue weighted by molar-refractivity contribution is -0.125. The summed E-state index contributed by atoms with van der Waals surface area (Å²) in [4.78, 5) is 12.0. The molecule has 0 aromatic carbocycles. The average Bonchev–Trinajstić information content (AvgIpc) is 2.34. The van der Waals surface area contributed by atoms with Crippen molar-refractivity contribution in [2.24, 2.45) is 22.2 Å². The number of amides is 1. The summed E-state index contributed by atoms with van der Waals surface area (Å²) in [6.45, 7) is 8.20. The van der Waals surface area contributed by atoms with E-state index in [2.05, 4.69) is 24.3 Å². The second-order valence-electron chi connectivity index (χ2n) is 5.36. The fourth-order valence-electron chi connectivity index (χ4n) is 1.78. The minimum absolute atomic E-state index is 0.0671. The average molecular weight is 257 g/mol. The van der Waals surface area contributed by atoms with Crippen molar-refractivity contribution in [3.05, 3.63) is 0 Å². The molecule has 0 rings (SSSR count). The molecule has 18 heavy (non-hydrogen) atoms. The molecule has 0 aromatic rings. The van der Waals surface area contributed by atoms with Crippen LogP contribution in [0.15, 0.2) is 5.16 Å². The molecule has 4 N–H and O–H groups in total. The van der Waals surface area contributed by atoms with Gasteiger partial charge in [-0.15, -0.1) is 0 Å². The first kappa shape index (κ1) is 16.7. The molecule has 0 spiro atoms. The van der Waals surface area contributed by atoms with Crippen molar-refractivity contribution in [1.82, 2.24) is 5.32 Å². The number of amidine groups is 1. The molecule has 0 unspecified atom stereocenters. The van der Waals surface area contributed by atoms with Crippen LogP contribution >= 0.6 is 0 Å². The lowest BCUT2D eigenvalue weighted by Crippen LogP contribution is -2.44. The third-order valence-electron chi connectivity index (χ3n) is 3.15.